The highest BCUT2D eigenvalue weighted by molar-refractivity contribution is 5.60. The number of benzene rings is 1. The fraction of sp³-hybridized carbons (Fsp3) is 0. The van der Waals surface area contributed by atoms with Crippen molar-refractivity contribution < 1.29 is 17.6 Å². The first-order chi connectivity index (χ1) is 7.61. The first-order valence-electron chi connectivity index (χ1n) is 4.35. The minimum atomic E-state index is -1.45. The van der Waals surface area contributed by atoms with Gasteiger partial charge in [0.15, 0.2) is 23.3 Å². The standard InChI is InChI=1S/C11H5F4N/c12-6-5-7(13)11(15)9(10(6)14)8-3-1-2-4-16-8/h1-5H. The third kappa shape index (κ3) is 1.64. The zero-order valence-electron chi connectivity index (χ0n) is 7.85. The Bertz CT molecular complexity index is 499. The Morgan fingerprint density at radius 3 is 2.00 bits per heavy atom. The quantitative estimate of drug-likeness (QED) is 0.538. The van der Waals surface area contributed by atoms with Crippen LogP contribution in [-0.4, -0.2) is 4.98 Å². The molecule has 2 aromatic rings. The molecule has 0 N–H and O–H groups in total. The molecule has 16 heavy (non-hydrogen) atoms. The normalized spacial score (nSPS) is 10.5. The maximum absolute atomic E-state index is 13.3. The summed E-state index contributed by atoms with van der Waals surface area (Å²) < 4.78 is 52.4. The summed E-state index contributed by atoms with van der Waals surface area (Å²) in [4.78, 5) is 3.64. The van der Waals surface area contributed by atoms with E-state index in [1.54, 1.807) is 0 Å². The lowest BCUT2D eigenvalue weighted by molar-refractivity contribution is 0.458. The van der Waals surface area contributed by atoms with Crippen molar-refractivity contribution in [3.05, 3.63) is 53.7 Å². The van der Waals surface area contributed by atoms with E-state index in [-0.39, 0.29) is 11.8 Å². The first-order valence-corrected chi connectivity index (χ1v) is 4.35. The molecule has 82 valence electrons. The molecule has 0 atom stereocenters. The summed E-state index contributed by atoms with van der Waals surface area (Å²) in [6.07, 6.45) is 1.27. The highest BCUT2D eigenvalue weighted by Crippen LogP contribution is 2.27. The van der Waals surface area contributed by atoms with Crippen LogP contribution in [0.1, 0.15) is 0 Å². The van der Waals surface area contributed by atoms with Crippen molar-refractivity contribution in [2.24, 2.45) is 0 Å². The Balaban J connectivity index is 2.74. The molecule has 0 saturated heterocycles. The SMILES string of the molecule is Fc1cc(F)c(F)c(-c2ccccn2)c1F. The fourth-order valence-corrected chi connectivity index (χ4v) is 1.31. The summed E-state index contributed by atoms with van der Waals surface area (Å²) in [6, 6.07) is 4.41. The van der Waals surface area contributed by atoms with E-state index in [1.807, 2.05) is 0 Å². The largest absolute Gasteiger partial charge is 0.256 e. The Morgan fingerprint density at radius 2 is 1.50 bits per heavy atom. The van der Waals surface area contributed by atoms with Gasteiger partial charge in [-0.25, -0.2) is 17.6 Å². The molecule has 0 unspecified atom stereocenters. The van der Waals surface area contributed by atoms with Crippen molar-refractivity contribution in [1.29, 1.82) is 0 Å². The minimum absolute atomic E-state index is 0.157. The van der Waals surface area contributed by atoms with Crippen LogP contribution >= 0.6 is 0 Å². The lowest BCUT2D eigenvalue weighted by Crippen LogP contribution is -1.99. The van der Waals surface area contributed by atoms with E-state index < -0.39 is 28.8 Å². The van der Waals surface area contributed by atoms with Crippen LogP contribution in [0.25, 0.3) is 11.3 Å². The van der Waals surface area contributed by atoms with E-state index in [2.05, 4.69) is 4.98 Å². The van der Waals surface area contributed by atoms with Crippen LogP contribution in [0.4, 0.5) is 17.6 Å². The van der Waals surface area contributed by atoms with E-state index in [0.29, 0.717) is 0 Å². The molecule has 0 aliphatic carbocycles. The molecule has 1 heterocycles. The predicted octanol–water partition coefficient (Wildman–Crippen LogP) is 3.31. The second kappa shape index (κ2) is 3.92. The Kier molecular flexibility index (Phi) is 2.60. The topological polar surface area (TPSA) is 12.9 Å². The molecule has 0 amide bonds. The molecule has 0 fully saturated rings. The molecule has 1 nitrogen and oxygen atoms in total. The van der Waals surface area contributed by atoms with Gasteiger partial charge < -0.3 is 0 Å². The van der Waals surface area contributed by atoms with Crippen LogP contribution in [0, 0.1) is 23.3 Å². The average molecular weight is 227 g/mol. The van der Waals surface area contributed by atoms with Gasteiger partial charge in [0.1, 0.15) is 0 Å². The molecule has 5 heteroatoms. The van der Waals surface area contributed by atoms with Gasteiger partial charge in [0, 0.05) is 12.3 Å². The lowest BCUT2D eigenvalue weighted by Gasteiger charge is -2.05. The number of pyridine rings is 1. The van der Waals surface area contributed by atoms with Gasteiger partial charge in [0.05, 0.1) is 11.3 Å². The van der Waals surface area contributed by atoms with Crippen LogP contribution in [0.2, 0.25) is 0 Å². The first kappa shape index (κ1) is 10.6. The summed E-state index contributed by atoms with van der Waals surface area (Å²) in [7, 11) is 0. The van der Waals surface area contributed by atoms with E-state index in [4.69, 9.17) is 0 Å². The summed E-state index contributed by atoms with van der Waals surface area (Å²) in [5.74, 6) is -5.78. The van der Waals surface area contributed by atoms with E-state index in [1.165, 1.54) is 24.4 Å². The van der Waals surface area contributed by atoms with Gasteiger partial charge in [-0.1, -0.05) is 6.07 Å². The van der Waals surface area contributed by atoms with Gasteiger partial charge in [-0.2, -0.15) is 0 Å². The third-order valence-corrected chi connectivity index (χ3v) is 2.03. The Hall–Kier alpha value is -1.91. The smallest absolute Gasteiger partial charge is 0.171 e. The van der Waals surface area contributed by atoms with Gasteiger partial charge in [-0.3, -0.25) is 4.98 Å². The monoisotopic (exact) mass is 227 g/mol. The van der Waals surface area contributed by atoms with Crippen LogP contribution < -0.4 is 0 Å². The zero-order chi connectivity index (χ0) is 11.7. The van der Waals surface area contributed by atoms with Crippen LogP contribution in [0.5, 0.6) is 0 Å². The van der Waals surface area contributed by atoms with Crippen molar-refractivity contribution in [3.8, 4) is 11.3 Å². The summed E-state index contributed by atoms with van der Waals surface area (Å²) >= 11 is 0. The van der Waals surface area contributed by atoms with Gasteiger partial charge in [0.2, 0.25) is 0 Å². The Morgan fingerprint density at radius 1 is 0.875 bits per heavy atom. The maximum Gasteiger partial charge on any atom is 0.171 e. The molecule has 0 aliphatic heterocycles. The molecule has 1 aromatic carbocycles. The van der Waals surface area contributed by atoms with Gasteiger partial charge in [0.25, 0.3) is 0 Å². The van der Waals surface area contributed by atoms with Gasteiger partial charge in [-0.15, -0.1) is 0 Å². The van der Waals surface area contributed by atoms with E-state index >= 15 is 0 Å². The molecule has 2 rings (SSSR count). The molecule has 0 radical (unpaired) electrons. The average Bonchev–Trinajstić information content (AvgIpc) is 2.28. The number of nitrogens with zero attached hydrogens (tertiary/aromatic N) is 1. The summed E-state index contributed by atoms with van der Waals surface area (Å²) in [5.41, 5.74) is -0.950. The van der Waals surface area contributed by atoms with Crippen molar-refractivity contribution in [1.82, 2.24) is 4.98 Å². The predicted molar refractivity (Wildman–Crippen MR) is 49.5 cm³/mol. The number of hydrogen-bond donors (Lipinski definition) is 0. The highest BCUT2D eigenvalue weighted by atomic mass is 19.2. The molecule has 0 spiro atoms. The van der Waals surface area contributed by atoms with Crippen LogP contribution in [0.15, 0.2) is 30.5 Å². The number of aromatic nitrogens is 1. The van der Waals surface area contributed by atoms with Gasteiger partial charge in [-0.05, 0) is 12.1 Å². The second-order valence-electron chi connectivity index (χ2n) is 3.06. The second-order valence-corrected chi connectivity index (χ2v) is 3.06. The molecule has 0 bridgehead atoms. The number of hydrogen-bond acceptors (Lipinski definition) is 1. The summed E-state index contributed by atoms with van der Waals surface area (Å²) in [6.45, 7) is 0. The number of rotatable bonds is 1. The van der Waals surface area contributed by atoms with Crippen molar-refractivity contribution in [2.75, 3.05) is 0 Å². The third-order valence-electron chi connectivity index (χ3n) is 2.03. The maximum atomic E-state index is 13.3. The highest BCUT2D eigenvalue weighted by Gasteiger charge is 2.20. The van der Waals surface area contributed by atoms with Crippen molar-refractivity contribution in [3.63, 3.8) is 0 Å². The molecule has 0 saturated carbocycles. The van der Waals surface area contributed by atoms with Crippen LogP contribution in [-0.2, 0) is 0 Å². The molecule has 1 aromatic heterocycles. The Labute approximate surface area is 88.4 Å². The molecule has 0 aliphatic rings. The zero-order valence-corrected chi connectivity index (χ0v) is 7.85. The fourth-order valence-electron chi connectivity index (χ4n) is 1.31. The van der Waals surface area contributed by atoms with Gasteiger partial charge >= 0.3 is 0 Å². The van der Waals surface area contributed by atoms with Crippen molar-refractivity contribution in [2.45, 2.75) is 0 Å². The van der Waals surface area contributed by atoms with E-state index in [9.17, 15) is 17.6 Å². The van der Waals surface area contributed by atoms with Crippen LogP contribution in [0.3, 0.4) is 0 Å². The van der Waals surface area contributed by atoms with Crippen molar-refractivity contribution >= 4 is 0 Å². The lowest BCUT2D eigenvalue weighted by atomic mass is 10.1. The van der Waals surface area contributed by atoms with E-state index in [0.717, 1.165) is 0 Å². The minimum Gasteiger partial charge on any atom is -0.256 e. The number of halogens is 4. The molecular formula is C11H5F4N. The summed E-state index contributed by atoms with van der Waals surface area (Å²) in [5, 5.41) is 0. The molecular weight excluding hydrogens is 222 g/mol.